The number of carbonyl (C=O) groups excluding carboxylic acids is 1. The van der Waals surface area contributed by atoms with E-state index < -0.39 is 0 Å². The van der Waals surface area contributed by atoms with Gasteiger partial charge in [0.1, 0.15) is 0 Å². The predicted octanol–water partition coefficient (Wildman–Crippen LogP) is 1.69. The Morgan fingerprint density at radius 2 is 1.86 bits per heavy atom. The summed E-state index contributed by atoms with van der Waals surface area (Å²) >= 11 is 0. The molecule has 1 amide bonds. The highest BCUT2D eigenvalue weighted by atomic mass is 16.2. The zero-order valence-electron chi connectivity index (χ0n) is 13.2. The molecule has 0 aromatic heterocycles. The van der Waals surface area contributed by atoms with E-state index in [9.17, 15) is 4.79 Å². The van der Waals surface area contributed by atoms with Crippen LogP contribution in [0, 0.1) is 0 Å². The molecule has 1 aliphatic rings. The number of likely N-dealkylation sites (N-methyl/N-ethyl adjacent to an activating group) is 1. The molecule has 21 heavy (non-hydrogen) atoms. The smallest absolute Gasteiger partial charge is 0.238 e. The van der Waals surface area contributed by atoms with Crippen molar-refractivity contribution in [2.24, 2.45) is 0 Å². The van der Waals surface area contributed by atoms with Crippen LogP contribution in [0.2, 0.25) is 0 Å². The number of amides is 1. The van der Waals surface area contributed by atoms with Gasteiger partial charge in [-0.05, 0) is 59.2 Å². The van der Waals surface area contributed by atoms with Gasteiger partial charge in [0.05, 0.1) is 17.9 Å². The number of anilines is 2. The van der Waals surface area contributed by atoms with Crippen molar-refractivity contribution in [1.29, 1.82) is 0 Å². The molecule has 116 valence electrons. The summed E-state index contributed by atoms with van der Waals surface area (Å²) < 4.78 is 0. The Bertz CT molecular complexity index is 467. The van der Waals surface area contributed by atoms with Crippen molar-refractivity contribution >= 4 is 17.3 Å². The number of para-hydroxylation sites is 2. The maximum absolute atomic E-state index is 11.9. The molecule has 0 spiro atoms. The van der Waals surface area contributed by atoms with Crippen LogP contribution in [0.1, 0.15) is 12.8 Å². The minimum absolute atomic E-state index is 0.0117. The van der Waals surface area contributed by atoms with Crippen LogP contribution in [0.15, 0.2) is 24.3 Å². The number of rotatable bonds is 5. The summed E-state index contributed by atoms with van der Waals surface area (Å²) in [6, 6.07) is 8.41. The third kappa shape index (κ3) is 5.02. The van der Waals surface area contributed by atoms with Crippen LogP contribution in [-0.4, -0.2) is 62.5 Å². The molecule has 1 aliphatic heterocycles. The highest BCUT2D eigenvalue weighted by Gasteiger charge is 2.17. The van der Waals surface area contributed by atoms with Crippen LogP contribution in [0.4, 0.5) is 11.4 Å². The van der Waals surface area contributed by atoms with E-state index in [1.54, 1.807) is 0 Å². The van der Waals surface area contributed by atoms with E-state index in [4.69, 9.17) is 0 Å². The van der Waals surface area contributed by atoms with Gasteiger partial charge in [-0.15, -0.1) is 0 Å². The first-order chi connectivity index (χ1) is 10.0. The molecule has 1 fully saturated rings. The molecular weight excluding hydrogens is 264 g/mol. The SMILES string of the molecule is CN(C)CC(=O)Nc1ccccc1NC1CCN(C)CC1. The zero-order valence-corrected chi connectivity index (χ0v) is 13.2. The third-order valence-electron chi connectivity index (χ3n) is 3.74. The predicted molar refractivity (Wildman–Crippen MR) is 87.8 cm³/mol. The van der Waals surface area contributed by atoms with E-state index in [1.807, 2.05) is 43.3 Å². The van der Waals surface area contributed by atoms with Crippen LogP contribution in [0.5, 0.6) is 0 Å². The van der Waals surface area contributed by atoms with E-state index in [2.05, 4.69) is 22.6 Å². The fourth-order valence-corrected chi connectivity index (χ4v) is 2.57. The lowest BCUT2D eigenvalue weighted by molar-refractivity contribution is -0.116. The quantitative estimate of drug-likeness (QED) is 0.866. The van der Waals surface area contributed by atoms with Crippen LogP contribution in [-0.2, 0) is 4.79 Å². The number of benzene rings is 1. The van der Waals surface area contributed by atoms with Crippen LogP contribution in [0.3, 0.4) is 0 Å². The topological polar surface area (TPSA) is 47.6 Å². The number of carbonyl (C=O) groups is 1. The van der Waals surface area contributed by atoms with E-state index in [-0.39, 0.29) is 5.91 Å². The second-order valence-corrected chi connectivity index (χ2v) is 6.05. The molecule has 2 N–H and O–H groups in total. The molecule has 2 rings (SSSR count). The van der Waals surface area contributed by atoms with Crippen LogP contribution in [0.25, 0.3) is 0 Å². The van der Waals surface area contributed by atoms with E-state index >= 15 is 0 Å². The molecule has 1 aromatic carbocycles. The second kappa shape index (κ2) is 7.43. The Morgan fingerprint density at radius 3 is 2.48 bits per heavy atom. The molecule has 0 radical (unpaired) electrons. The van der Waals surface area contributed by atoms with Gasteiger partial charge in [-0.1, -0.05) is 12.1 Å². The lowest BCUT2D eigenvalue weighted by Gasteiger charge is -2.30. The Hall–Kier alpha value is -1.59. The van der Waals surface area contributed by atoms with Gasteiger partial charge in [0.15, 0.2) is 0 Å². The van der Waals surface area contributed by atoms with E-state index in [0.29, 0.717) is 12.6 Å². The Kier molecular flexibility index (Phi) is 5.59. The van der Waals surface area contributed by atoms with Crippen LogP contribution < -0.4 is 10.6 Å². The van der Waals surface area contributed by atoms with Crippen molar-refractivity contribution < 1.29 is 4.79 Å². The molecule has 5 heteroatoms. The standard InChI is InChI=1S/C16H26N4O/c1-19(2)12-16(21)18-15-7-5-4-6-14(15)17-13-8-10-20(3)11-9-13/h4-7,13,17H,8-12H2,1-3H3,(H,18,21). The molecule has 0 aliphatic carbocycles. The van der Waals surface area contributed by atoms with Gasteiger partial charge in [0.2, 0.25) is 5.91 Å². The average Bonchev–Trinajstić information content (AvgIpc) is 2.42. The van der Waals surface area contributed by atoms with Gasteiger partial charge in [-0.2, -0.15) is 0 Å². The number of hydrogen-bond acceptors (Lipinski definition) is 4. The minimum Gasteiger partial charge on any atom is -0.381 e. The summed E-state index contributed by atoms with van der Waals surface area (Å²) in [5.41, 5.74) is 1.88. The summed E-state index contributed by atoms with van der Waals surface area (Å²) in [6.45, 7) is 2.63. The fraction of sp³-hybridized carbons (Fsp3) is 0.562. The van der Waals surface area contributed by atoms with Crippen LogP contribution >= 0.6 is 0 Å². The lowest BCUT2D eigenvalue weighted by Crippen LogP contribution is -2.37. The highest BCUT2D eigenvalue weighted by Crippen LogP contribution is 2.24. The molecule has 1 heterocycles. The van der Waals surface area contributed by atoms with Crippen molar-refractivity contribution in [2.45, 2.75) is 18.9 Å². The summed E-state index contributed by atoms with van der Waals surface area (Å²) in [4.78, 5) is 16.1. The maximum atomic E-state index is 11.9. The van der Waals surface area contributed by atoms with Gasteiger partial charge in [-0.3, -0.25) is 4.79 Å². The maximum Gasteiger partial charge on any atom is 0.238 e. The average molecular weight is 290 g/mol. The molecule has 0 unspecified atom stereocenters. The lowest BCUT2D eigenvalue weighted by atomic mass is 10.0. The number of piperidine rings is 1. The number of nitrogens with zero attached hydrogens (tertiary/aromatic N) is 2. The Labute approximate surface area is 127 Å². The minimum atomic E-state index is 0.0117. The summed E-state index contributed by atoms with van der Waals surface area (Å²) in [7, 11) is 5.94. The number of hydrogen-bond donors (Lipinski definition) is 2. The Balaban J connectivity index is 1.98. The number of nitrogens with one attached hydrogen (secondary N) is 2. The van der Waals surface area contributed by atoms with Gasteiger partial charge < -0.3 is 20.4 Å². The van der Waals surface area contributed by atoms with Gasteiger partial charge in [0.25, 0.3) is 0 Å². The summed E-state index contributed by atoms with van der Waals surface area (Å²) in [6.07, 6.45) is 2.27. The molecule has 1 aromatic rings. The molecule has 0 atom stereocenters. The fourth-order valence-electron chi connectivity index (χ4n) is 2.57. The second-order valence-electron chi connectivity index (χ2n) is 6.05. The summed E-state index contributed by atoms with van der Waals surface area (Å²) in [5, 5.41) is 6.56. The van der Waals surface area contributed by atoms with Crippen molar-refractivity contribution in [3.05, 3.63) is 24.3 Å². The van der Waals surface area contributed by atoms with E-state index in [1.165, 1.54) is 0 Å². The highest BCUT2D eigenvalue weighted by molar-refractivity contribution is 5.95. The summed E-state index contributed by atoms with van der Waals surface area (Å²) in [5.74, 6) is 0.0117. The first kappa shape index (κ1) is 15.8. The van der Waals surface area contributed by atoms with Gasteiger partial charge >= 0.3 is 0 Å². The largest absolute Gasteiger partial charge is 0.381 e. The molecule has 1 saturated heterocycles. The van der Waals surface area contributed by atoms with Crippen molar-refractivity contribution in [3.8, 4) is 0 Å². The Morgan fingerprint density at radius 1 is 1.24 bits per heavy atom. The monoisotopic (exact) mass is 290 g/mol. The van der Waals surface area contributed by atoms with Gasteiger partial charge in [0, 0.05) is 6.04 Å². The van der Waals surface area contributed by atoms with Crippen molar-refractivity contribution in [3.63, 3.8) is 0 Å². The van der Waals surface area contributed by atoms with Crippen molar-refractivity contribution in [2.75, 3.05) is 51.4 Å². The molecule has 5 nitrogen and oxygen atoms in total. The zero-order chi connectivity index (χ0) is 15.2. The normalized spacial score (nSPS) is 17.0. The number of likely N-dealkylation sites (tertiary alicyclic amines) is 1. The third-order valence-corrected chi connectivity index (χ3v) is 3.74. The van der Waals surface area contributed by atoms with Gasteiger partial charge in [-0.25, -0.2) is 0 Å². The molecule has 0 bridgehead atoms. The van der Waals surface area contributed by atoms with Crippen molar-refractivity contribution in [1.82, 2.24) is 9.80 Å². The molecular formula is C16H26N4O. The molecule has 0 saturated carbocycles. The first-order valence-corrected chi connectivity index (χ1v) is 7.53. The first-order valence-electron chi connectivity index (χ1n) is 7.53. The van der Waals surface area contributed by atoms with E-state index in [0.717, 1.165) is 37.3 Å².